The normalized spacial score (nSPS) is 19.7. The Morgan fingerprint density at radius 3 is 2.12 bits per heavy atom. The van der Waals surface area contributed by atoms with Gasteiger partial charge in [0.15, 0.2) is 0 Å². The van der Waals surface area contributed by atoms with Crippen molar-refractivity contribution in [2.45, 2.75) is 92.0 Å². The standard InChI is InChI=1S/C57H65ClF3N6O7PS2/c1-38(2)67-39(3)53(56(69)70)54(55(67)41-14-18-43(58)19-15-41)42-9-7-10-46(35-42)65-33-31-64(32-34-65)45-20-16-40(17-21-45)51-13-8-27-66(71)75(51,72)48-22-23-50(52(36-48)77(73,74)57(59,60)61)62-44(37-76-49-11-5-4-6-12-49)24-28-63-29-25-47(68)26-30-63/h4-7,9-12,14-23,35-36,38,44,47,51,62,68,71H,8,13,24-34,37H2,1-3H3,(H,69,70)/t44-,51-,75?/m1/s1. The molecule has 3 atom stereocenters. The molecule has 4 N–H and O–H groups in total. The highest BCUT2D eigenvalue weighted by atomic mass is 35.5. The Morgan fingerprint density at radius 2 is 1.48 bits per heavy atom. The molecule has 3 fully saturated rings. The number of hydrogen-bond donors (Lipinski definition) is 4. The van der Waals surface area contributed by atoms with Crippen molar-refractivity contribution in [1.82, 2.24) is 14.3 Å². The highest BCUT2D eigenvalue weighted by molar-refractivity contribution is 7.99. The Bertz CT molecular complexity index is 3210. The van der Waals surface area contributed by atoms with Gasteiger partial charge in [-0.3, -0.25) is 4.57 Å². The van der Waals surface area contributed by atoms with Crippen molar-refractivity contribution in [2.75, 3.05) is 73.2 Å². The molecule has 5 aromatic carbocycles. The molecule has 6 aromatic rings. The molecule has 4 heterocycles. The first kappa shape index (κ1) is 56.4. The number of thioether (sulfide) groups is 1. The predicted molar refractivity (Wildman–Crippen MR) is 302 cm³/mol. The number of aromatic carboxylic acids is 1. The zero-order chi connectivity index (χ0) is 54.8. The summed E-state index contributed by atoms with van der Waals surface area (Å²) in [5.74, 6) is -0.609. The van der Waals surface area contributed by atoms with E-state index in [-0.39, 0.29) is 35.2 Å². The van der Waals surface area contributed by atoms with E-state index in [9.17, 15) is 41.8 Å². The van der Waals surface area contributed by atoms with E-state index in [1.807, 2.05) is 112 Å². The number of likely N-dealkylation sites (tertiary alicyclic amines) is 1. The summed E-state index contributed by atoms with van der Waals surface area (Å²) in [7, 11) is -10.2. The van der Waals surface area contributed by atoms with Gasteiger partial charge in [-0.15, -0.1) is 16.6 Å². The molecule has 0 aliphatic carbocycles. The number of benzene rings is 5. The lowest BCUT2D eigenvalue weighted by Gasteiger charge is -2.39. The van der Waals surface area contributed by atoms with Gasteiger partial charge in [0.1, 0.15) is 4.90 Å². The maximum Gasteiger partial charge on any atom is 0.501 e. The summed E-state index contributed by atoms with van der Waals surface area (Å²) in [6, 6.07) is 35.3. The lowest BCUT2D eigenvalue weighted by Crippen LogP contribution is -2.46. The van der Waals surface area contributed by atoms with Crippen molar-refractivity contribution < 1.29 is 46.4 Å². The smallest absolute Gasteiger partial charge is 0.478 e. The minimum absolute atomic E-state index is 0.0251. The van der Waals surface area contributed by atoms with Gasteiger partial charge in [-0.25, -0.2) is 13.2 Å². The number of carboxylic acid groups (broad SMARTS) is 1. The first-order chi connectivity index (χ1) is 36.7. The molecule has 0 radical (unpaired) electrons. The van der Waals surface area contributed by atoms with Crippen LogP contribution in [-0.2, 0) is 14.4 Å². The molecule has 0 spiro atoms. The van der Waals surface area contributed by atoms with E-state index < -0.39 is 45.2 Å². The third-order valence-corrected chi connectivity index (χ3v) is 21.4. The molecule has 13 nitrogen and oxygen atoms in total. The van der Waals surface area contributed by atoms with Crippen molar-refractivity contribution in [3.8, 4) is 22.4 Å². The molecule has 77 heavy (non-hydrogen) atoms. The van der Waals surface area contributed by atoms with Gasteiger partial charge in [0.25, 0.3) is 9.84 Å². The number of aliphatic hydroxyl groups is 1. The molecule has 3 saturated heterocycles. The molecule has 20 heteroatoms. The number of piperidine rings is 1. The van der Waals surface area contributed by atoms with Crippen molar-refractivity contribution in [1.29, 1.82) is 0 Å². The molecule has 3 aliphatic heterocycles. The van der Waals surface area contributed by atoms with Crippen LogP contribution in [0.3, 0.4) is 0 Å². The molecule has 0 amide bonds. The Hall–Kier alpha value is -5.30. The van der Waals surface area contributed by atoms with E-state index in [0.29, 0.717) is 110 Å². The van der Waals surface area contributed by atoms with E-state index >= 15 is 4.57 Å². The van der Waals surface area contributed by atoms with Crippen molar-refractivity contribution in [3.63, 3.8) is 0 Å². The second kappa shape index (κ2) is 23.6. The lowest BCUT2D eigenvalue weighted by molar-refractivity contribution is -0.0435. The highest BCUT2D eigenvalue weighted by Gasteiger charge is 2.50. The Balaban J connectivity index is 0.947. The third kappa shape index (κ3) is 12.0. The monoisotopic (exact) mass is 1130 g/mol. The van der Waals surface area contributed by atoms with E-state index in [2.05, 4.69) is 24.6 Å². The van der Waals surface area contributed by atoms with Crippen LogP contribution in [0.4, 0.5) is 30.2 Å². The number of rotatable bonds is 17. The molecular formula is C57H65ClF3N6O7PS2. The molecule has 410 valence electrons. The number of halogens is 4. The van der Waals surface area contributed by atoms with Crippen LogP contribution in [0.1, 0.15) is 79.3 Å². The predicted octanol–water partition coefficient (Wildman–Crippen LogP) is 12.2. The Labute approximate surface area is 457 Å². The summed E-state index contributed by atoms with van der Waals surface area (Å²) in [5, 5.41) is 35.7. The molecule has 0 saturated carbocycles. The number of nitrogens with zero attached hydrogens (tertiary/aromatic N) is 5. The fourth-order valence-corrected chi connectivity index (χ4v) is 16.4. The summed E-state index contributed by atoms with van der Waals surface area (Å²) >= 11 is 7.77. The summed E-state index contributed by atoms with van der Waals surface area (Å²) in [6.07, 6.45) is 2.07. The molecular weight excluding hydrogens is 1070 g/mol. The molecule has 1 aromatic heterocycles. The minimum Gasteiger partial charge on any atom is -0.478 e. The Kier molecular flexibility index (Phi) is 17.3. The van der Waals surface area contributed by atoms with Crippen LogP contribution in [0.5, 0.6) is 0 Å². The maximum atomic E-state index is 15.5. The second-order valence-corrected chi connectivity index (χ2v) is 26.7. The van der Waals surface area contributed by atoms with Gasteiger partial charge >= 0.3 is 11.5 Å². The Morgan fingerprint density at radius 1 is 0.818 bits per heavy atom. The first-order valence-corrected chi connectivity index (χ1v) is 30.6. The zero-order valence-electron chi connectivity index (χ0n) is 43.2. The van der Waals surface area contributed by atoms with E-state index in [1.54, 1.807) is 12.1 Å². The first-order valence-electron chi connectivity index (χ1n) is 26.1. The molecule has 1 unspecified atom stereocenters. The van der Waals surface area contributed by atoms with Crippen LogP contribution >= 0.6 is 30.7 Å². The number of carbonyl (C=O) groups is 1. The number of anilines is 3. The summed E-state index contributed by atoms with van der Waals surface area (Å²) in [5.41, 5.74) is -0.395. The van der Waals surface area contributed by atoms with Gasteiger partial charge < -0.3 is 40.0 Å². The number of hydroxylamine groups is 1. The van der Waals surface area contributed by atoms with Gasteiger partial charge in [-0.1, -0.05) is 66.2 Å². The summed E-state index contributed by atoms with van der Waals surface area (Å²) in [4.78, 5) is 20.2. The molecule has 0 bridgehead atoms. The van der Waals surface area contributed by atoms with Crippen LogP contribution in [0, 0.1) is 6.92 Å². The number of piperazine rings is 1. The summed E-state index contributed by atoms with van der Waals surface area (Å²) < 4.78 is 88.6. The quantitative estimate of drug-likeness (QED) is 0.0505. The van der Waals surface area contributed by atoms with E-state index in [4.69, 9.17) is 11.6 Å². The van der Waals surface area contributed by atoms with Crippen LogP contribution in [-0.4, -0.2) is 120 Å². The number of alkyl halides is 3. The topological polar surface area (TPSA) is 159 Å². The third-order valence-electron chi connectivity index (χ3n) is 15.2. The molecule has 3 aliphatic rings. The molecule has 9 rings (SSSR count). The SMILES string of the molecule is Cc1c(C(=O)O)c(-c2cccc(N3CCN(c4ccc([C@H]5CCCN(O)P5(=O)c5ccc(N[C@H](CCN6CCC(O)CC6)CSc6ccccc6)c(S(=O)(=O)C(F)(F)F)c5)cc4)CC3)c2)c(-c2ccc(Cl)cc2)n1C(C)C. The minimum atomic E-state index is -5.99. The van der Waals surface area contributed by atoms with Crippen LogP contribution < -0.4 is 20.4 Å². The van der Waals surface area contributed by atoms with Gasteiger partial charge in [0, 0.05) is 108 Å². The second-order valence-electron chi connectivity index (χ2n) is 20.4. The van der Waals surface area contributed by atoms with Gasteiger partial charge in [-0.05, 0) is 136 Å². The van der Waals surface area contributed by atoms with Crippen LogP contribution in [0.25, 0.3) is 22.4 Å². The number of nitrogens with one attached hydrogen (secondary N) is 1. The fourth-order valence-electron chi connectivity index (χ4n) is 11.2. The van der Waals surface area contributed by atoms with Crippen molar-refractivity contribution >= 4 is 68.8 Å². The zero-order valence-corrected chi connectivity index (χ0v) is 46.5. The highest BCUT2D eigenvalue weighted by Crippen LogP contribution is 2.64. The fraction of sp³-hybridized carbons (Fsp3) is 0.386. The number of sulfone groups is 1. The van der Waals surface area contributed by atoms with Crippen molar-refractivity contribution in [2.24, 2.45) is 0 Å². The number of carboxylic acids is 1. The van der Waals surface area contributed by atoms with Gasteiger partial charge in [0.05, 0.1) is 28.7 Å². The van der Waals surface area contributed by atoms with Gasteiger partial charge in [0.2, 0.25) is 7.29 Å². The maximum absolute atomic E-state index is 15.5. The van der Waals surface area contributed by atoms with Crippen LogP contribution in [0.2, 0.25) is 5.02 Å². The summed E-state index contributed by atoms with van der Waals surface area (Å²) in [6.45, 7) is 10.3. The van der Waals surface area contributed by atoms with Crippen LogP contribution in [0.15, 0.2) is 131 Å². The van der Waals surface area contributed by atoms with Crippen molar-refractivity contribution in [3.05, 3.63) is 143 Å². The largest absolute Gasteiger partial charge is 0.501 e. The lowest BCUT2D eigenvalue weighted by atomic mass is 9.96. The average molecular weight is 1130 g/mol. The van der Waals surface area contributed by atoms with E-state index in [0.717, 1.165) is 39.2 Å². The average Bonchev–Trinajstić information content (AvgIpc) is 3.85. The van der Waals surface area contributed by atoms with E-state index in [1.165, 1.54) is 23.9 Å². The number of aromatic nitrogens is 1. The number of hydrogen-bond acceptors (Lipinski definition) is 11. The van der Waals surface area contributed by atoms with Gasteiger partial charge in [-0.2, -0.15) is 13.2 Å². The number of aliphatic hydroxyl groups excluding tert-OH is 1.